The van der Waals surface area contributed by atoms with Crippen LogP contribution in [0.2, 0.25) is 0 Å². The average molecular weight is 472 g/mol. The van der Waals surface area contributed by atoms with E-state index in [1.807, 2.05) is 18.7 Å². The van der Waals surface area contributed by atoms with Crippen molar-refractivity contribution in [1.82, 2.24) is 25.3 Å². The Hall–Kier alpha value is -2.49. The molecule has 0 spiro atoms. The molecule has 4 rings (SSSR count). The number of aromatic nitrogens is 2. The van der Waals surface area contributed by atoms with Crippen LogP contribution in [0.1, 0.15) is 60.8 Å². The Morgan fingerprint density at radius 2 is 2.03 bits per heavy atom. The summed E-state index contributed by atoms with van der Waals surface area (Å²) in [5.41, 5.74) is 4.95. The van der Waals surface area contributed by atoms with Crippen molar-refractivity contribution < 1.29 is 18.7 Å². The Kier molecular flexibility index (Phi) is 7.85. The average Bonchev–Trinajstić information content (AvgIpc) is 3.25. The first kappa shape index (κ1) is 24.6. The number of hydrogen-bond donors (Lipinski definition) is 1. The lowest BCUT2D eigenvalue weighted by atomic mass is 9.96. The molecule has 34 heavy (non-hydrogen) atoms. The molecule has 3 heterocycles. The second-order valence-corrected chi connectivity index (χ2v) is 9.71. The van der Waals surface area contributed by atoms with E-state index < -0.39 is 0 Å². The largest absolute Gasteiger partial charge is 0.447 e. The van der Waals surface area contributed by atoms with Crippen LogP contribution in [0.4, 0.5) is 4.79 Å². The maximum absolute atomic E-state index is 12.4. The SMILES string of the molecule is Cc1cc(Cc2nnc(C3COCCN3)o2)c(C)c(CN2CCN(C(=O)OC(C)C)[C@@H](C)C2)c1. The Balaban J connectivity index is 1.41. The fraction of sp³-hybridized carbons (Fsp3) is 0.640. The zero-order valence-electron chi connectivity index (χ0n) is 21.0. The zero-order valence-corrected chi connectivity index (χ0v) is 21.0. The van der Waals surface area contributed by atoms with E-state index in [1.54, 1.807) is 0 Å². The number of morpholine rings is 1. The van der Waals surface area contributed by atoms with Crippen LogP contribution >= 0.6 is 0 Å². The summed E-state index contributed by atoms with van der Waals surface area (Å²) >= 11 is 0. The molecule has 0 saturated carbocycles. The highest BCUT2D eigenvalue weighted by Gasteiger charge is 2.29. The fourth-order valence-corrected chi connectivity index (χ4v) is 4.69. The number of carbonyl (C=O) groups excluding carboxylic acids is 1. The third-order valence-corrected chi connectivity index (χ3v) is 6.49. The first-order chi connectivity index (χ1) is 16.3. The predicted molar refractivity (Wildman–Crippen MR) is 128 cm³/mol. The minimum atomic E-state index is -0.218. The van der Waals surface area contributed by atoms with E-state index in [0.717, 1.165) is 26.2 Å². The lowest BCUT2D eigenvalue weighted by Crippen LogP contribution is -2.54. The van der Waals surface area contributed by atoms with Crippen molar-refractivity contribution in [2.75, 3.05) is 39.4 Å². The summed E-state index contributed by atoms with van der Waals surface area (Å²) in [6.07, 6.45) is 0.283. The molecule has 186 valence electrons. The standard InChI is InChI=1S/C25H37N5O4/c1-16(2)33-25(31)30-8-7-29(13-18(30)4)14-21-11-17(3)10-20(19(21)5)12-23-27-28-24(34-23)22-15-32-9-6-26-22/h10-11,16,18,22,26H,6-9,12-15H2,1-5H3/t18-,22?/m0/s1. The van der Waals surface area contributed by atoms with Crippen molar-refractivity contribution in [2.24, 2.45) is 0 Å². The summed E-state index contributed by atoms with van der Waals surface area (Å²) in [6, 6.07) is 4.53. The van der Waals surface area contributed by atoms with Gasteiger partial charge >= 0.3 is 6.09 Å². The summed E-state index contributed by atoms with van der Waals surface area (Å²) < 4.78 is 16.9. The van der Waals surface area contributed by atoms with Crippen molar-refractivity contribution in [3.05, 3.63) is 46.2 Å². The maximum atomic E-state index is 12.4. The summed E-state index contributed by atoms with van der Waals surface area (Å²) in [5.74, 6) is 1.20. The van der Waals surface area contributed by atoms with Crippen LogP contribution in [0.15, 0.2) is 16.5 Å². The number of hydrogen-bond acceptors (Lipinski definition) is 8. The van der Waals surface area contributed by atoms with Gasteiger partial charge in [-0.1, -0.05) is 17.7 Å². The molecule has 1 unspecified atom stereocenters. The van der Waals surface area contributed by atoms with Crippen molar-refractivity contribution >= 4 is 6.09 Å². The van der Waals surface area contributed by atoms with E-state index in [-0.39, 0.29) is 24.3 Å². The van der Waals surface area contributed by atoms with Crippen molar-refractivity contribution in [2.45, 2.75) is 65.8 Å². The number of aryl methyl sites for hydroxylation is 1. The molecular weight excluding hydrogens is 434 g/mol. The highest BCUT2D eigenvalue weighted by molar-refractivity contribution is 5.68. The van der Waals surface area contributed by atoms with Gasteiger partial charge in [-0.3, -0.25) is 4.90 Å². The van der Waals surface area contributed by atoms with Gasteiger partial charge in [-0.25, -0.2) is 4.79 Å². The summed E-state index contributed by atoms with van der Waals surface area (Å²) in [6.45, 7) is 15.3. The number of carbonyl (C=O) groups is 1. The molecule has 0 aliphatic carbocycles. The molecule has 2 aromatic rings. The quantitative estimate of drug-likeness (QED) is 0.687. The highest BCUT2D eigenvalue weighted by Crippen LogP contribution is 2.24. The first-order valence-electron chi connectivity index (χ1n) is 12.2. The molecule has 2 aliphatic heterocycles. The Morgan fingerprint density at radius 3 is 2.74 bits per heavy atom. The van der Waals surface area contributed by atoms with E-state index in [2.05, 4.69) is 53.3 Å². The molecule has 9 heteroatoms. The van der Waals surface area contributed by atoms with E-state index in [4.69, 9.17) is 13.9 Å². The number of nitrogens with zero attached hydrogens (tertiary/aromatic N) is 4. The van der Waals surface area contributed by atoms with Crippen LogP contribution in [0.5, 0.6) is 0 Å². The molecule has 9 nitrogen and oxygen atoms in total. The van der Waals surface area contributed by atoms with Gasteiger partial charge in [-0.15, -0.1) is 10.2 Å². The fourth-order valence-electron chi connectivity index (χ4n) is 4.69. The van der Waals surface area contributed by atoms with Crippen LogP contribution in [-0.4, -0.2) is 77.6 Å². The second kappa shape index (κ2) is 10.8. The van der Waals surface area contributed by atoms with Crippen LogP contribution < -0.4 is 5.32 Å². The van der Waals surface area contributed by atoms with Gasteiger partial charge in [0.1, 0.15) is 6.04 Å². The third kappa shape index (κ3) is 5.95. The van der Waals surface area contributed by atoms with Gasteiger partial charge in [0.05, 0.1) is 25.7 Å². The van der Waals surface area contributed by atoms with Crippen molar-refractivity contribution in [3.8, 4) is 0 Å². The van der Waals surface area contributed by atoms with Gasteiger partial charge in [0.15, 0.2) is 0 Å². The Bertz CT molecular complexity index is 986. The molecular formula is C25H37N5O4. The van der Waals surface area contributed by atoms with Crippen LogP contribution in [-0.2, 0) is 22.4 Å². The first-order valence-corrected chi connectivity index (χ1v) is 12.2. The van der Waals surface area contributed by atoms with Gasteiger partial charge in [-0.05, 0) is 51.3 Å². The lowest BCUT2D eigenvalue weighted by molar-refractivity contribution is 0.0349. The molecule has 2 atom stereocenters. The molecule has 1 N–H and O–H groups in total. The molecule has 0 radical (unpaired) electrons. The summed E-state index contributed by atoms with van der Waals surface area (Å²) in [5, 5.41) is 11.9. The topological polar surface area (TPSA) is 93.0 Å². The molecule has 1 aromatic carbocycles. The minimum Gasteiger partial charge on any atom is -0.447 e. The van der Waals surface area contributed by atoms with E-state index in [0.29, 0.717) is 38.0 Å². The number of amides is 1. The van der Waals surface area contributed by atoms with Crippen LogP contribution in [0, 0.1) is 13.8 Å². The number of ether oxygens (including phenoxy) is 2. The molecule has 1 amide bonds. The van der Waals surface area contributed by atoms with E-state index in [1.165, 1.54) is 22.3 Å². The smallest absolute Gasteiger partial charge is 0.410 e. The lowest BCUT2D eigenvalue weighted by Gasteiger charge is -2.39. The molecule has 2 saturated heterocycles. The zero-order chi connectivity index (χ0) is 24.2. The number of rotatable bonds is 6. The molecule has 0 bridgehead atoms. The van der Waals surface area contributed by atoms with Gasteiger partial charge in [-0.2, -0.15) is 0 Å². The predicted octanol–water partition coefficient (Wildman–Crippen LogP) is 2.99. The highest BCUT2D eigenvalue weighted by atomic mass is 16.6. The minimum absolute atomic E-state index is 0.0392. The van der Waals surface area contributed by atoms with E-state index >= 15 is 0 Å². The summed E-state index contributed by atoms with van der Waals surface area (Å²) in [7, 11) is 0. The van der Waals surface area contributed by atoms with Gasteiger partial charge in [0, 0.05) is 38.8 Å². The van der Waals surface area contributed by atoms with Gasteiger partial charge in [0.25, 0.3) is 0 Å². The van der Waals surface area contributed by atoms with Crippen LogP contribution in [0.25, 0.3) is 0 Å². The van der Waals surface area contributed by atoms with Gasteiger partial charge in [0.2, 0.25) is 11.8 Å². The van der Waals surface area contributed by atoms with Crippen molar-refractivity contribution in [3.63, 3.8) is 0 Å². The monoisotopic (exact) mass is 471 g/mol. The third-order valence-electron chi connectivity index (χ3n) is 6.49. The number of piperazine rings is 1. The Morgan fingerprint density at radius 1 is 1.24 bits per heavy atom. The van der Waals surface area contributed by atoms with Gasteiger partial charge < -0.3 is 24.1 Å². The molecule has 2 fully saturated rings. The van der Waals surface area contributed by atoms with E-state index in [9.17, 15) is 4.79 Å². The molecule has 2 aliphatic rings. The second-order valence-electron chi connectivity index (χ2n) is 9.71. The normalized spacial score (nSPS) is 21.8. The number of benzene rings is 1. The molecule has 1 aromatic heterocycles. The Labute approximate surface area is 201 Å². The van der Waals surface area contributed by atoms with Crippen molar-refractivity contribution in [1.29, 1.82) is 0 Å². The van der Waals surface area contributed by atoms with Crippen LogP contribution in [0.3, 0.4) is 0 Å². The maximum Gasteiger partial charge on any atom is 0.410 e. The summed E-state index contributed by atoms with van der Waals surface area (Å²) in [4.78, 5) is 16.6. The number of nitrogens with one attached hydrogen (secondary N) is 1.